The van der Waals surface area contributed by atoms with Gasteiger partial charge in [0, 0.05) is 0 Å². The highest BCUT2D eigenvalue weighted by molar-refractivity contribution is 5.75. The lowest BCUT2D eigenvalue weighted by Crippen LogP contribution is -2.28. The molecule has 1 rings (SSSR count). The van der Waals surface area contributed by atoms with E-state index in [2.05, 4.69) is 0 Å². The van der Waals surface area contributed by atoms with Gasteiger partial charge in [0.05, 0.1) is 19.8 Å². The Labute approximate surface area is 119 Å². The Hall–Kier alpha value is -1.75. The van der Waals surface area contributed by atoms with Crippen LogP contribution in [0.15, 0.2) is 18.2 Å². The molecule has 0 aromatic heterocycles. The van der Waals surface area contributed by atoms with Crippen molar-refractivity contribution in [1.29, 1.82) is 0 Å². The van der Waals surface area contributed by atoms with E-state index in [-0.39, 0.29) is 0 Å². The highest BCUT2D eigenvalue weighted by Gasteiger charge is 2.21. The highest BCUT2D eigenvalue weighted by Crippen LogP contribution is 2.31. The first-order valence-corrected chi connectivity index (χ1v) is 6.72. The third kappa shape index (κ3) is 4.13. The van der Waals surface area contributed by atoms with Gasteiger partial charge in [-0.1, -0.05) is 13.0 Å². The van der Waals surface area contributed by atoms with Gasteiger partial charge >= 0.3 is 5.97 Å². The number of rotatable bonds is 7. The monoisotopic (exact) mass is 282 g/mol. The molecule has 2 unspecified atom stereocenters. The molecule has 5 nitrogen and oxygen atoms in total. The molecule has 1 aromatic carbocycles. The quantitative estimate of drug-likeness (QED) is 0.778. The minimum absolute atomic E-state index is 0.316. The van der Waals surface area contributed by atoms with E-state index in [1.807, 2.05) is 6.92 Å². The van der Waals surface area contributed by atoms with Gasteiger partial charge in [-0.25, -0.2) is 4.79 Å². The number of aliphatic hydroxyl groups is 1. The molecule has 0 saturated heterocycles. The number of hydrogen-bond acceptors (Lipinski definition) is 5. The number of benzene rings is 1. The molecule has 0 heterocycles. The lowest BCUT2D eigenvalue weighted by atomic mass is 10.1. The van der Waals surface area contributed by atoms with Crippen LogP contribution in [0.5, 0.6) is 11.5 Å². The average Bonchev–Trinajstić information content (AvgIpc) is 2.44. The molecule has 0 aliphatic rings. The van der Waals surface area contributed by atoms with Crippen LogP contribution in [0.3, 0.4) is 0 Å². The van der Waals surface area contributed by atoms with Crippen molar-refractivity contribution in [2.45, 2.75) is 39.4 Å². The maximum atomic E-state index is 11.7. The Kier molecular flexibility index (Phi) is 6.31. The summed E-state index contributed by atoms with van der Waals surface area (Å²) in [6.07, 6.45) is -0.758. The number of ether oxygens (including phenoxy) is 3. The SMILES string of the molecule is CCOC(=O)C(CC)Oc1ccc(C(C)O)cc1OC. The molecule has 1 N–H and O–H groups in total. The van der Waals surface area contributed by atoms with Gasteiger partial charge in [0.1, 0.15) is 0 Å². The van der Waals surface area contributed by atoms with Crippen molar-refractivity contribution in [1.82, 2.24) is 0 Å². The van der Waals surface area contributed by atoms with Gasteiger partial charge in [-0.15, -0.1) is 0 Å². The Morgan fingerprint density at radius 2 is 2.00 bits per heavy atom. The van der Waals surface area contributed by atoms with Gasteiger partial charge in [0.2, 0.25) is 0 Å². The average molecular weight is 282 g/mol. The summed E-state index contributed by atoms with van der Waals surface area (Å²) < 4.78 is 15.8. The lowest BCUT2D eigenvalue weighted by molar-refractivity contribution is -0.151. The van der Waals surface area contributed by atoms with Crippen LogP contribution in [0.2, 0.25) is 0 Å². The zero-order chi connectivity index (χ0) is 15.1. The van der Waals surface area contributed by atoms with Crippen molar-refractivity contribution in [3.8, 4) is 11.5 Å². The molecule has 20 heavy (non-hydrogen) atoms. The third-order valence-corrected chi connectivity index (χ3v) is 2.86. The highest BCUT2D eigenvalue weighted by atomic mass is 16.6. The number of carbonyl (C=O) groups excluding carboxylic acids is 1. The predicted octanol–water partition coefficient (Wildman–Crippen LogP) is 2.47. The first-order chi connectivity index (χ1) is 9.53. The standard InChI is InChI=1S/C15H22O5/c1-5-12(15(17)19-6-2)20-13-8-7-11(10(3)16)9-14(13)18-4/h7-10,12,16H,5-6H2,1-4H3. The fourth-order valence-electron chi connectivity index (χ4n) is 1.73. The van der Waals surface area contributed by atoms with E-state index in [1.165, 1.54) is 7.11 Å². The fourth-order valence-corrected chi connectivity index (χ4v) is 1.73. The van der Waals surface area contributed by atoms with Crippen LogP contribution in [0.25, 0.3) is 0 Å². The van der Waals surface area contributed by atoms with Gasteiger partial charge < -0.3 is 19.3 Å². The molecule has 5 heteroatoms. The number of methoxy groups -OCH3 is 1. The topological polar surface area (TPSA) is 65.0 Å². The van der Waals surface area contributed by atoms with Gasteiger partial charge in [0.15, 0.2) is 17.6 Å². The summed E-state index contributed by atoms with van der Waals surface area (Å²) >= 11 is 0. The second-order valence-electron chi connectivity index (χ2n) is 4.35. The summed E-state index contributed by atoms with van der Waals surface area (Å²) in [5, 5.41) is 9.55. The van der Waals surface area contributed by atoms with Crippen LogP contribution in [-0.4, -0.2) is 30.9 Å². The lowest BCUT2D eigenvalue weighted by Gasteiger charge is -2.18. The summed E-state index contributed by atoms with van der Waals surface area (Å²) in [5.74, 6) is 0.541. The van der Waals surface area contributed by atoms with Crippen LogP contribution in [0.4, 0.5) is 0 Å². The maximum Gasteiger partial charge on any atom is 0.347 e. The molecule has 0 aliphatic heterocycles. The number of carbonyl (C=O) groups is 1. The van der Waals surface area contributed by atoms with E-state index < -0.39 is 18.2 Å². The Morgan fingerprint density at radius 1 is 1.30 bits per heavy atom. The minimum Gasteiger partial charge on any atom is -0.493 e. The van der Waals surface area contributed by atoms with Crippen LogP contribution in [0.1, 0.15) is 38.9 Å². The first kappa shape index (κ1) is 16.3. The van der Waals surface area contributed by atoms with E-state index >= 15 is 0 Å². The zero-order valence-corrected chi connectivity index (χ0v) is 12.4. The molecule has 2 atom stereocenters. The molecular weight excluding hydrogens is 260 g/mol. The molecule has 1 aromatic rings. The molecule has 0 aliphatic carbocycles. The summed E-state index contributed by atoms with van der Waals surface area (Å²) in [4.78, 5) is 11.7. The van der Waals surface area contributed by atoms with Crippen LogP contribution >= 0.6 is 0 Å². The van der Waals surface area contributed by atoms with Gasteiger partial charge in [0.25, 0.3) is 0 Å². The minimum atomic E-state index is -0.666. The Morgan fingerprint density at radius 3 is 2.50 bits per heavy atom. The van der Waals surface area contributed by atoms with Crippen molar-refractivity contribution < 1.29 is 24.1 Å². The van der Waals surface area contributed by atoms with Crippen LogP contribution < -0.4 is 9.47 Å². The molecule has 112 valence electrons. The van der Waals surface area contributed by atoms with E-state index in [0.717, 1.165) is 5.56 Å². The summed E-state index contributed by atoms with van der Waals surface area (Å²) in [7, 11) is 1.51. The van der Waals surface area contributed by atoms with Crippen molar-refractivity contribution in [3.63, 3.8) is 0 Å². The predicted molar refractivity (Wildman–Crippen MR) is 75.0 cm³/mol. The second kappa shape index (κ2) is 7.75. The summed E-state index contributed by atoms with van der Waals surface area (Å²) in [5.41, 5.74) is 0.721. The molecule has 0 radical (unpaired) electrons. The van der Waals surface area contributed by atoms with Crippen LogP contribution in [-0.2, 0) is 9.53 Å². The van der Waals surface area contributed by atoms with Crippen molar-refractivity contribution in [3.05, 3.63) is 23.8 Å². The largest absolute Gasteiger partial charge is 0.493 e. The van der Waals surface area contributed by atoms with Crippen molar-refractivity contribution in [2.24, 2.45) is 0 Å². The summed E-state index contributed by atoms with van der Waals surface area (Å²) in [6.45, 7) is 5.58. The number of aliphatic hydroxyl groups excluding tert-OH is 1. The van der Waals surface area contributed by atoms with E-state index in [1.54, 1.807) is 32.0 Å². The third-order valence-electron chi connectivity index (χ3n) is 2.86. The van der Waals surface area contributed by atoms with Gasteiger partial charge in [-0.3, -0.25) is 0 Å². The zero-order valence-electron chi connectivity index (χ0n) is 12.4. The first-order valence-electron chi connectivity index (χ1n) is 6.72. The molecule has 0 spiro atoms. The molecule has 0 fully saturated rings. The molecule has 0 bridgehead atoms. The smallest absolute Gasteiger partial charge is 0.347 e. The van der Waals surface area contributed by atoms with Gasteiger partial charge in [-0.05, 0) is 38.0 Å². The van der Waals surface area contributed by atoms with Crippen molar-refractivity contribution in [2.75, 3.05) is 13.7 Å². The van der Waals surface area contributed by atoms with E-state index in [4.69, 9.17) is 14.2 Å². The fraction of sp³-hybridized carbons (Fsp3) is 0.533. The maximum absolute atomic E-state index is 11.7. The molecular formula is C15H22O5. The van der Waals surface area contributed by atoms with Gasteiger partial charge in [-0.2, -0.15) is 0 Å². The molecule has 0 saturated carbocycles. The molecule has 0 amide bonds. The van der Waals surface area contributed by atoms with Crippen LogP contribution in [0, 0.1) is 0 Å². The number of hydrogen-bond donors (Lipinski definition) is 1. The van der Waals surface area contributed by atoms with E-state index in [0.29, 0.717) is 24.5 Å². The Balaban J connectivity index is 2.92. The Bertz CT molecular complexity index is 442. The second-order valence-corrected chi connectivity index (χ2v) is 4.35. The van der Waals surface area contributed by atoms with Crippen molar-refractivity contribution >= 4 is 5.97 Å². The summed E-state index contributed by atoms with van der Waals surface area (Å²) in [6, 6.07) is 5.11. The van der Waals surface area contributed by atoms with E-state index in [9.17, 15) is 9.90 Å². The number of esters is 1. The normalized spacial score (nSPS) is 13.4.